The number of nitrogens with one attached hydrogen (secondary N) is 1. The van der Waals surface area contributed by atoms with Gasteiger partial charge in [-0.2, -0.15) is 0 Å². The van der Waals surface area contributed by atoms with E-state index in [1.54, 1.807) is 36.7 Å². The molecular formula is C18H19FN6O. The fourth-order valence-electron chi connectivity index (χ4n) is 2.44. The van der Waals surface area contributed by atoms with Crippen LogP contribution in [0.5, 0.6) is 0 Å². The summed E-state index contributed by atoms with van der Waals surface area (Å²) < 4.78 is 14.8. The summed E-state index contributed by atoms with van der Waals surface area (Å²) in [5.41, 5.74) is 2.09. The second-order valence-corrected chi connectivity index (χ2v) is 5.97. The van der Waals surface area contributed by atoms with Gasteiger partial charge in [-0.1, -0.05) is 5.21 Å². The molecule has 3 rings (SSSR count). The van der Waals surface area contributed by atoms with E-state index in [1.807, 2.05) is 19.0 Å². The van der Waals surface area contributed by atoms with Crippen molar-refractivity contribution in [2.75, 3.05) is 27.2 Å². The molecular weight excluding hydrogens is 335 g/mol. The topological polar surface area (TPSA) is 75.9 Å². The fraction of sp³-hybridized carbons (Fsp3) is 0.222. The smallest absolute Gasteiger partial charge is 0.274 e. The summed E-state index contributed by atoms with van der Waals surface area (Å²) in [6.07, 6.45) is 3.26. The van der Waals surface area contributed by atoms with Crippen LogP contribution in [0, 0.1) is 5.82 Å². The third-order valence-corrected chi connectivity index (χ3v) is 3.75. The number of rotatable bonds is 6. The van der Waals surface area contributed by atoms with Crippen LogP contribution >= 0.6 is 0 Å². The molecule has 2 heterocycles. The maximum atomic E-state index is 13.2. The number of likely N-dealkylation sites (N-methyl/N-ethyl adjacent to an activating group) is 1. The van der Waals surface area contributed by atoms with E-state index in [2.05, 4.69) is 20.6 Å². The number of nitrogens with zero attached hydrogens (tertiary/aromatic N) is 5. The average Bonchev–Trinajstić information content (AvgIpc) is 3.08. The number of halogens is 1. The van der Waals surface area contributed by atoms with Crippen LogP contribution in [-0.2, 0) is 0 Å². The fourth-order valence-corrected chi connectivity index (χ4v) is 2.44. The van der Waals surface area contributed by atoms with Gasteiger partial charge in [0.05, 0.1) is 5.69 Å². The van der Waals surface area contributed by atoms with Gasteiger partial charge in [-0.15, -0.1) is 5.10 Å². The zero-order valence-electron chi connectivity index (χ0n) is 14.6. The summed E-state index contributed by atoms with van der Waals surface area (Å²) in [6.45, 7) is 1.20. The summed E-state index contributed by atoms with van der Waals surface area (Å²) >= 11 is 0. The highest BCUT2D eigenvalue weighted by atomic mass is 19.1. The van der Waals surface area contributed by atoms with Gasteiger partial charge >= 0.3 is 0 Å². The molecule has 0 radical (unpaired) electrons. The van der Waals surface area contributed by atoms with Crippen molar-refractivity contribution >= 4 is 5.91 Å². The predicted molar refractivity (Wildman–Crippen MR) is 95.4 cm³/mol. The first kappa shape index (κ1) is 17.7. The molecule has 2 aromatic heterocycles. The van der Waals surface area contributed by atoms with Crippen molar-refractivity contribution in [2.45, 2.75) is 0 Å². The van der Waals surface area contributed by atoms with E-state index in [4.69, 9.17) is 0 Å². The van der Waals surface area contributed by atoms with E-state index in [1.165, 1.54) is 16.8 Å². The average molecular weight is 354 g/mol. The quantitative estimate of drug-likeness (QED) is 0.730. The van der Waals surface area contributed by atoms with Crippen LogP contribution in [0.1, 0.15) is 10.5 Å². The van der Waals surface area contributed by atoms with E-state index in [9.17, 15) is 9.18 Å². The number of hydrogen-bond donors (Lipinski definition) is 1. The van der Waals surface area contributed by atoms with Crippen LogP contribution in [0.4, 0.5) is 4.39 Å². The molecule has 8 heteroatoms. The van der Waals surface area contributed by atoms with Crippen LogP contribution < -0.4 is 5.32 Å². The maximum Gasteiger partial charge on any atom is 0.274 e. The first-order valence-electron chi connectivity index (χ1n) is 8.11. The van der Waals surface area contributed by atoms with Gasteiger partial charge in [0.15, 0.2) is 5.69 Å². The summed E-state index contributed by atoms with van der Waals surface area (Å²) in [4.78, 5) is 18.6. The molecule has 0 fully saturated rings. The molecule has 7 nitrogen and oxygen atoms in total. The largest absolute Gasteiger partial charge is 0.349 e. The lowest BCUT2D eigenvalue weighted by molar-refractivity contribution is 0.0946. The normalized spacial score (nSPS) is 10.9. The Morgan fingerprint density at radius 2 is 1.85 bits per heavy atom. The van der Waals surface area contributed by atoms with Gasteiger partial charge in [0.25, 0.3) is 5.91 Å². The highest BCUT2D eigenvalue weighted by Crippen LogP contribution is 2.24. The van der Waals surface area contributed by atoms with Gasteiger partial charge in [0, 0.05) is 31.0 Å². The van der Waals surface area contributed by atoms with Gasteiger partial charge in [-0.3, -0.25) is 9.78 Å². The molecule has 1 amide bonds. The summed E-state index contributed by atoms with van der Waals surface area (Å²) in [5.74, 6) is -0.659. The minimum Gasteiger partial charge on any atom is -0.349 e. The van der Waals surface area contributed by atoms with Gasteiger partial charge in [0.1, 0.15) is 11.5 Å². The van der Waals surface area contributed by atoms with Crippen molar-refractivity contribution in [3.05, 3.63) is 60.3 Å². The van der Waals surface area contributed by atoms with Crippen LogP contribution in [0.15, 0.2) is 48.8 Å². The molecule has 0 aliphatic rings. The number of amides is 1. The highest BCUT2D eigenvalue weighted by Gasteiger charge is 2.22. The third-order valence-electron chi connectivity index (χ3n) is 3.75. The number of carbonyl (C=O) groups is 1. The number of aromatic nitrogens is 4. The molecule has 0 saturated heterocycles. The van der Waals surface area contributed by atoms with E-state index in [-0.39, 0.29) is 17.4 Å². The summed E-state index contributed by atoms with van der Waals surface area (Å²) in [6, 6.07) is 9.39. The van der Waals surface area contributed by atoms with Crippen molar-refractivity contribution < 1.29 is 9.18 Å². The van der Waals surface area contributed by atoms with Crippen molar-refractivity contribution in [1.82, 2.24) is 30.2 Å². The lowest BCUT2D eigenvalue weighted by Gasteiger charge is -2.11. The lowest BCUT2D eigenvalue weighted by Crippen LogP contribution is -2.31. The Morgan fingerprint density at radius 3 is 2.50 bits per heavy atom. The van der Waals surface area contributed by atoms with Gasteiger partial charge < -0.3 is 10.2 Å². The zero-order chi connectivity index (χ0) is 18.5. The predicted octanol–water partition coefficient (Wildman–Crippen LogP) is 1.76. The third kappa shape index (κ3) is 3.92. The second-order valence-electron chi connectivity index (χ2n) is 5.97. The van der Waals surface area contributed by atoms with E-state index in [0.717, 1.165) is 5.56 Å². The highest BCUT2D eigenvalue weighted by molar-refractivity contribution is 5.98. The van der Waals surface area contributed by atoms with Crippen LogP contribution in [0.3, 0.4) is 0 Å². The van der Waals surface area contributed by atoms with E-state index >= 15 is 0 Å². The Balaban J connectivity index is 2.00. The molecule has 0 atom stereocenters. The Bertz CT molecular complexity index is 876. The zero-order valence-corrected chi connectivity index (χ0v) is 14.6. The minimum atomic E-state index is -0.346. The Hall–Kier alpha value is -3.13. The van der Waals surface area contributed by atoms with Crippen LogP contribution in [-0.4, -0.2) is 58.0 Å². The van der Waals surface area contributed by atoms with Crippen molar-refractivity contribution in [2.24, 2.45) is 0 Å². The number of pyridine rings is 1. The lowest BCUT2D eigenvalue weighted by atomic mass is 10.1. The molecule has 0 aliphatic carbocycles. The molecule has 3 aromatic rings. The monoisotopic (exact) mass is 354 g/mol. The van der Waals surface area contributed by atoms with Crippen LogP contribution in [0.2, 0.25) is 0 Å². The molecule has 0 spiro atoms. The minimum absolute atomic E-state index is 0.208. The molecule has 1 aromatic carbocycles. The first-order chi connectivity index (χ1) is 12.6. The molecule has 0 aliphatic heterocycles. The van der Waals surface area contributed by atoms with Gasteiger partial charge in [-0.25, -0.2) is 9.07 Å². The van der Waals surface area contributed by atoms with Gasteiger partial charge in [0.2, 0.25) is 0 Å². The first-order valence-corrected chi connectivity index (χ1v) is 8.11. The Labute approximate surface area is 150 Å². The molecule has 26 heavy (non-hydrogen) atoms. The molecule has 1 N–H and O–H groups in total. The van der Waals surface area contributed by atoms with Crippen LogP contribution in [0.25, 0.3) is 16.9 Å². The Kier molecular flexibility index (Phi) is 5.33. The second kappa shape index (κ2) is 7.83. The van der Waals surface area contributed by atoms with E-state index < -0.39 is 0 Å². The van der Waals surface area contributed by atoms with Crippen molar-refractivity contribution in [3.63, 3.8) is 0 Å². The van der Waals surface area contributed by atoms with Gasteiger partial charge in [-0.05, 0) is 50.5 Å². The maximum absolute atomic E-state index is 13.2. The number of carbonyl (C=O) groups excluding carboxylic acids is 1. The molecule has 0 unspecified atom stereocenters. The molecule has 0 bridgehead atoms. The number of benzene rings is 1. The SMILES string of the molecule is CN(C)CCNC(=O)c1nnn(-c2ccc(F)cc2)c1-c1ccncc1. The Morgan fingerprint density at radius 1 is 1.15 bits per heavy atom. The molecule has 0 saturated carbocycles. The number of hydrogen-bond acceptors (Lipinski definition) is 5. The standard InChI is InChI=1S/C18H19FN6O/c1-24(2)12-11-21-18(26)16-17(13-7-9-20-10-8-13)25(23-22-16)15-5-3-14(19)4-6-15/h3-10H,11-12H2,1-2H3,(H,21,26). The summed E-state index contributed by atoms with van der Waals surface area (Å²) in [7, 11) is 3.86. The molecule has 134 valence electrons. The van der Waals surface area contributed by atoms with Crippen molar-refractivity contribution in [3.8, 4) is 16.9 Å². The van der Waals surface area contributed by atoms with Crippen molar-refractivity contribution in [1.29, 1.82) is 0 Å². The summed E-state index contributed by atoms with van der Waals surface area (Å²) in [5, 5.41) is 11.0. The van der Waals surface area contributed by atoms with E-state index in [0.29, 0.717) is 24.5 Å².